The maximum atomic E-state index is 5.82. The fourth-order valence-corrected chi connectivity index (χ4v) is 1.63. The van der Waals surface area contributed by atoms with Crippen molar-refractivity contribution in [3.63, 3.8) is 0 Å². The molecule has 0 saturated heterocycles. The monoisotopic (exact) mass is 173 g/mol. The third-order valence-corrected chi connectivity index (χ3v) is 2.31. The molecule has 0 unspecified atom stereocenters. The zero-order chi connectivity index (χ0) is 8.81. The Labute approximate surface area is 74.2 Å². The molecule has 1 rings (SSSR count). The highest BCUT2D eigenvalue weighted by atomic mass is 16.5. The summed E-state index contributed by atoms with van der Waals surface area (Å²) < 4.78 is 10.5. The fourth-order valence-electron chi connectivity index (χ4n) is 1.63. The molecule has 0 aromatic carbocycles. The van der Waals surface area contributed by atoms with Crippen molar-refractivity contribution in [1.29, 1.82) is 0 Å². The van der Waals surface area contributed by atoms with E-state index in [4.69, 9.17) is 15.2 Å². The van der Waals surface area contributed by atoms with Crippen LogP contribution in [0.1, 0.15) is 25.7 Å². The second kappa shape index (κ2) is 5.51. The first kappa shape index (κ1) is 9.96. The smallest absolute Gasteiger partial charge is 0.0704 e. The van der Waals surface area contributed by atoms with Crippen LogP contribution in [0.25, 0.3) is 0 Å². The van der Waals surface area contributed by atoms with Gasteiger partial charge in [0.05, 0.1) is 19.3 Å². The van der Waals surface area contributed by atoms with Crippen LogP contribution in [0.5, 0.6) is 0 Å². The lowest BCUT2D eigenvalue weighted by atomic mass is 9.94. The molecular formula is C9H19NO2. The van der Waals surface area contributed by atoms with Crippen molar-refractivity contribution in [3.8, 4) is 0 Å². The molecule has 1 aliphatic rings. The molecule has 0 radical (unpaired) electrons. The Kier molecular flexibility index (Phi) is 4.58. The lowest BCUT2D eigenvalue weighted by Gasteiger charge is -2.26. The summed E-state index contributed by atoms with van der Waals surface area (Å²) >= 11 is 0. The second-order valence-electron chi connectivity index (χ2n) is 3.41. The molecule has 3 nitrogen and oxygen atoms in total. The zero-order valence-corrected chi connectivity index (χ0v) is 7.79. The van der Waals surface area contributed by atoms with Gasteiger partial charge in [-0.05, 0) is 25.7 Å². The third kappa shape index (κ3) is 3.52. The van der Waals surface area contributed by atoms with Gasteiger partial charge in [-0.3, -0.25) is 0 Å². The Morgan fingerprint density at radius 1 is 1.33 bits per heavy atom. The molecule has 0 aromatic rings. The Bertz CT molecular complexity index is 119. The van der Waals surface area contributed by atoms with Gasteiger partial charge in [0.25, 0.3) is 0 Å². The molecule has 0 heterocycles. The average Bonchev–Trinajstić information content (AvgIpc) is 2.05. The molecule has 1 saturated carbocycles. The summed E-state index contributed by atoms with van der Waals surface area (Å²) in [4.78, 5) is 0. The molecular weight excluding hydrogens is 154 g/mol. The van der Waals surface area contributed by atoms with Gasteiger partial charge in [0.1, 0.15) is 0 Å². The molecule has 0 aliphatic heterocycles. The van der Waals surface area contributed by atoms with Crippen molar-refractivity contribution in [2.75, 3.05) is 20.3 Å². The van der Waals surface area contributed by atoms with E-state index < -0.39 is 0 Å². The number of hydrogen-bond acceptors (Lipinski definition) is 3. The van der Waals surface area contributed by atoms with E-state index in [9.17, 15) is 0 Å². The molecule has 0 amide bonds. The Morgan fingerprint density at radius 3 is 2.83 bits per heavy atom. The van der Waals surface area contributed by atoms with Crippen molar-refractivity contribution in [1.82, 2.24) is 0 Å². The van der Waals surface area contributed by atoms with E-state index in [1.54, 1.807) is 7.11 Å². The number of rotatable bonds is 4. The Balaban J connectivity index is 2.06. The van der Waals surface area contributed by atoms with E-state index >= 15 is 0 Å². The van der Waals surface area contributed by atoms with Gasteiger partial charge in [0.2, 0.25) is 0 Å². The molecule has 3 heteroatoms. The minimum atomic E-state index is 0.353. The van der Waals surface area contributed by atoms with Crippen LogP contribution in [-0.4, -0.2) is 32.5 Å². The van der Waals surface area contributed by atoms with E-state index in [2.05, 4.69) is 0 Å². The van der Waals surface area contributed by atoms with Crippen molar-refractivity contribution < 1.29 is 9.47 Å². The van der Waals surface area contributed by atoms with Crippen LogP contribution in [0.15, 0.2) is 0 Å². The van der Waals surface area contributed by atoms with Crippen LogP contribution in [0, 0.1) is 0 Å². The van der Waals surface area contributed by atoms with Gasteiger partial charge in [-0.15, -0.1) is 0 Å². The predicted molar refractivity (Wildman–Crippen MR) is 48.1 cm³/mol. The van der Waals surface area contributed by atoms with E-state index in [1.165, 1.54) is 6.42 Å². The molecule has 0 bridgehead atoms. The zero-order valence-electron chi connectivity index (χ0n) is 7.79. The Morgan fingerprint density at radius 2 is 2.17 bits per heavy atom. The minimum absolute atomic E-state index is 0.353. The lowest BCUT2D eigenvalue weighted by Crippen LogP contribution is -2.32. The molecule has 12 heavy (non-hydrogen) atoms. The van der Waals surface area contributed by atoms with Gasteiger partial charge < -0.3 is 15.2 Å². The highest BCUT2D eigenvalue weighted by molar-refractivity contribution is 4.75. The van der Waals surface area contributed by atoms with E-state index in [-0.39, 0.29) is 0 Å². The van der Waals surface area contributed by atoms with Crippen LogP contribution in [0.4, 0.5) is 0 Å². The van der Waals surface area contributed by atoms with E-state index in [1.807, 2.05) is 0 Å². The van der Waals surface area contributed by atoms with Gasteiger partial charge in [-0.2, -0.15) is 0 Å². The highest BCUT2D eigenvalue weighted by Crippen LogP contribution is 2.19. The van der Waals surface area contributed by atoms with Crippen molar-refractivity contribution in [2.45, 2.75) is 37.8 Å². The van der Waals surface area contributed by atoms with E-state index in [0.717, 1.165) is 19.3 Å². The van der Waals surface area contributed by atoms with Crippen LogP contribution >= 0.6 is 0 Å². The van der Waals surface area contributed by atoms with Crippen LogP contribution in [-0.2, 0) is 9.47 Å². The molecule has 2 N–H and O–H groups in total. The highest BCUT2D eigenvalue weighted by Gasteiger charge is 2.18. The summed E-state index contributed by atoms with van der Waals surface area (Å²) in [6.45, 7) is 1.39. The molecule has 2 atom stereocenters. The largest absolute Gasteiger partial charge is 0.382 e. The van der Waals surface area contributed by atoms with Crippen molar-refractivity contribution in [2.24, 2.45) is 5.73 Å². The molecule has 0 spiro atoms. The quantitative estimate of drug-likeness (QED) is 0.643. The SMILES string of the molecule is COCCO[C@@H]1CCC[C@@H](N)C1. The van der Waals surface area contributed by atoms with Crippen molar-refractivity contribution in [3.05, 3.63) is 0 Å². The first-order valence-electron chi connectivity index (χ1n) is 4.69. The molecule has 1 fully saturated rings. The average molecular weight is 173 g/mol. The number of nitrogens with two attached hydrogens (primary N) is 1. The summed E-state index contributed by atoms with van der Waals surface area (Å²) in [7, 11) is 1.69. The normalized spacial score (nSPS) is 30.5. The van der Waals surface area contributed by atoms with Gasteiger partial charge in [-0.25, -0.2) is 0 Å². The van der Waals surface area contributed by atoms with Gasteiger partial charge >= 0.3 is 0 Å². The predicted octanol–water partition coefficient (Wildman–Crippen LogP) is 0.919. The van der Waals surface area contributed by atoms with Crippen LogP contribution < -0.4 is 5.73 Å². The number of hydrogen-bond donors (Lipinski definition) is 1. The summed E-state index contributed by atoms with van der Waals surface area (Å²) in [6.07, 6.45) is 4.92. The maximum Gasteiger partial charge on any atom is 0.0704 e. The topological polar surface area (TPSA) is 44.5 Å². The van der Waals surface area contributed by atoms with E-state index in [0.29, 0.717) is 25.4 Å². The second-order valence-corrected chi connectivity index (χ2v) is 3.41. The standard InChI is InChI=1S/C9H19NO2/c1-11-5-6-12-9-4-2-3-8(10)7-9/h8-9H,2-7,10H2,1H3/t8-,9-/m1/s1. The maximum absolute atomic E-state index is 5.82. The molecule has 72 valence electrons. The first-order valence-corrected chi connectivity index (χ1v) is 4.69. The molecule has 0 aromatic heterocycles. The van der Waals surface area contributed by atoms with Gasteiger partial charge in [0.15, 0.2) is 0 Å². The van der Waals surface area contributed by atoms with Gasteiger partial charge in [0, 0.05) is 13.2 Å². The summed E-state index contributed by atoms with van der Waals surface area (Å²) in [5.41, 5.74) is 5.82. The number of ether oxygens (including phenoxy) is 2. The van der Waals surface area contributed by atoms with Crippen LogP contribution in [0.3, 0.4) is 0 Å². The van der Waals surface area contributed by atoms with Gasteiger partial charge in [-0.1, -0.05) is 0 Å². The summed E-state index contributed by atoms with van der Waals surface area (Å²) in [5, 5.41) is 0. The number of methoxy groups -OCH3 is 1. The Hall–Kier alpha value is -0.120. The lowest BCUT2D eigenvalue weighted by molar-refractivity contribution is -0.00362. The minimum Gasteiger partial charge on any atom is -0.382 e. The first-order chi connectivity index (χ1) is 5.83. The summed E-state index contributed by atoms with van der Waals surface area (Å²) in [5.74, 6) is 0. The van der Waals surface area contributed by atoms with Crippen LogP contribution in [0.2, 0.25) is 0 Å². The summed E-state index contributed by atoms with van der Waals surface area (Å²) in [6, 6.07) is 0.353. The third-order valence-electron chi connectivity index (χ3n) is 2.31. The fraction of sp³-hybridized carbons (Fsp3) is 1.00. The van der Waals surface area contributed by atoms with Crippen molar-refractivity contribution >= 4 is 0 Å². The molecule has 1 aliphatic carbocycles.